The fraction of sp³-hybridized carbons (Fsp3) is 0.353. The van der Waals surface area contributed by atoms with E-state index in [1.54, 1.807) is 17.7 Å². The zero-order chi connectivity index (χ0) is 16.2. The van der Waals surface area contributed by atoms with E-state index in [9.17, 15) is 0 Å². The van der Waals surface area contributed by atoms with Crippen LogP contribution in [0.4, 0.5) is 0 Å². The molecule has 1 atom stereocenters. The SMILES string of the molecule is c1ccc(OCc2nc(CN[C@@H]3CCc4ncnn4C3)cs2)cc1. The van der Waals surface area contributed by atoms with Crippen molar-refractivity contribution in [3.63, 3.8) is 0 Å². The number of aryl methyl sites for hydroxylation is 1. The molecule has 4 rings (SSSR count). The van der Waals surface area contributed by atoms with E-state index < -0.39 is 0 Å². The summed E-state index contributed by atoms with van der Waals surface area (Å²) in [6.07, 6.45) is 3.70. The van der Waals surface area contributed by atoms with Gasteiger partial charge in [0, 0.05) is 24.4 Å². The second-order valence-corrected chi connectivity index (χ2v) is 6.75. The van der Waals surface area contributed by atoms with E-state index in [4.69, 9.17) is 4.74 Å². The Morgan fingerprint density at radius 2 is 2.21 bits per heavy atom. The van der Waals surface area contributed by atoms with Crippen molar-refractivity contribution in [1.82, 2.24) is 25.1 Å². The van der Waals surface area contributed by atoms with E-state index in [0.717, 1.165) is 48.2 Å². The Morgan fingerprint density at radius 3 is 3.12 bits per heavy atom. The first-order valence-electron chi connectivity index (χ1n) is 8.08. The van der Waals surface area contributed by atoms with E-state index >= 15 is 0 Å². The number of thiazole rings is 1. The van der Waals surface area contributed by atoms with Crippen LogP contribution in [0.25, 0.3) is 0 Å². The van der Waals surface area contributed by atoms with Crippen LogP contribution in [0.3, 0.4) is 0 Å². The van der Waals surface area contributed by atoms with Gasteiger partial charge in [0.2, 0.25) is 0 Å². The number of para-hydroxylation sites is 1. The molecule has 1 N–H and O–H groups in total. The normalized spacial score (nSPS) is 16.8. The number of hydrogen-bond donors (Lipinski definition) is 1. The lowest BCUT2D eigenvalue weighted by Gasteiger charge is -2.23. The van der Waals surface area contributed by atoms with Gasteiger partial charge in [0.15, 0.2) is 0 Å². The van der Waals surface area contributed by atoms with Crippen LogP contribution in [-0.4, -0.2) is 25.8 Å². The lowest BCUT2D eigenvalue weighted by atomic mass is 10.1. The monoisotopic (exact) mass is 341 g/mol. The highest BCUT2D eigenvalue weighted by Gasteiger charge is 2.19. The highest BCUT2D eigenvalue weighted by atomic mass is 32.1. The molecule has 0 bridgehead atoms. The molecule has 0 spiro atoms. The Labute approximate surface area is 144 Å². The van der Waals surface area contributed by atoms with Crippen LogP contribution in [0, 0.1) is 0 Å². The molecule has 6 nitrogen and oxygen atoms in total. The number of nitrogens with zero attached hydrogens (tertiary/aromatic N) is 4. The van der Waals surface area contributed by atoms with Gasteiger partial charge in [-0.1, -0.05) is 18.2 Å². The van der Waals surface area contributed by atoms with E-state index in [1.807, 2.05) is 35.0 Å². The van der Waals surface area contributed by atoms with Crippen molar-refractivity contribution in [2.45, 2.75) is 38.6 Å². The number of hydrogen-bond acceptors (Lipinski definition) is 6. The number of ether oxygens (including phenoxy) is 1. The molecule has 0 amide bonds. The predicted molar refractivity (Wildman–Crippen MR) is 91.9 cm³/mol. The van der Waals surface area contributed by atoms with E-state index in [-0.39, 0.29) is 0 Å². The molecular weight excluding hydrogens is 322 g/mol. The Bertz CT molecular complexity index is 785. The summed E-state index contributed by atoms with van der Waals surface area (Å²) in [4.78, 5) is 8.90. The highest BCUT2D eigenvalue weighted by molar-refractivity contribution is 7.09. The third kappa shape index (κ3) is 3.63. The van der Waals surface area contributed by atoms with Gasteiger partial charge < -0.3 is 10.1 Å². The van der Waals surface area contributed by atoms with Crippen molar-refractivity contribution in [3.05, 3.63) is 58.6 Å². The van der Waals surface area contributed by atoms with Gasteiger partial charge in [0.25, 0.3) is 0 Å². The van der Waals surface area contributed by atoms with Crippen molar-refractivity contribution in [1.29, 1.82) is 0 Å². The van der Waals surface area contributed by atoms with Crippen molar-refractivity contribution >= 4 is 11.3 Å². The average molecular weight is 341 g/mol. The van der Waals surface area contributed by atoms with Crippen LogP contribution in [0.5, 0.6) is 5.75 Å². The maximum absolute atomic E-state index is 5.74. The van der Waals surface area contributed by atoms with E-state index in [1.165, 1.54) is 0 Å². The Balaban J connectivity index is 1.27. The zero-order valence-electron chi connectivity index (χ0n) is 13.3. The molecule has 0 saturated carbocycles. The topological polar surface area (TPSA) is 64.9 Å². The highest BCUT2D eigenvalue weighted by Crippen LogP contribution is 2.16. The summed E-state index contributed by atoms with van der Waals surface area (Å²) in [6.45, 7) is 2.17. The predicted octanol–water partition coefficient (Wildman–Crippen LogP) is 2.42. The first-order chi connectivity index (χ1) is 11.9. The summed E-state index contributed by atoms with van der Waals surface area (Å²) in [5, 5.41) is 10.9. The van der Waals surface area contributed by atoms with Crippen molar-refractivity contribution in [2.75, 3.05) is 0 Å². The Morgan fingerprint density at radius 1 is 1.29 bits per heavy atom. The van der Waals surface area contributed by atoms with Gasteiger partial charge in [-0.25, -0.2) is 14.6 Å². The maximum atomic E-state index is 5.74. The maximum Gasteiger partial charge on any atom is 0.140 e. The summed E-state index contributed by atoms with van der Waals surface area (Å²) >= 11 is 1.64. The summed E-state index contributed by atoms with van der Waals surface area (Å²) in [6, 6.07) is 10.3. The largest absolute Gasteiger partial charge is 0.486 e. The van der Waals surface area contributed by atoms with E-state index in [2.05, 4.69) is 25.8 Å². The summed E-state index contributed by atoms with van der Waals surface area (Å²) in [5.74, 6) is 1.96. The number of nitrogens with one attached hydrogen (secondary N) is 1. The standard InChI is InChI=1S/C17H19N5OS/c1-2-4-15(5-3-1)23-10-17-21-14(11-24-17)8-18-13-6-7-16-19-12-20-22(16)9-13/h1-5,11-13,18H,6-10H2/t13-/m1/s1. The number of benzene rings is 1. The van der Waals surface area contributed by atoms with Gasteiger partial charge in [0.1, 0.15) is 29.5 Å². The molecule has 0 fully saturated rings. The van der Waals surface area contributed by atoms with Gasteiger partial charge in [-0.3, -0.25) is 0 Å². The summed E-state index contributed by atoms with van der Waals surface area (Å²) in [5.41, 5.74) is 1.07. The number of aromatic nitrogens is 4. The minimum Gasteiger partial charge on any atom is -0.486 e. The summed E-state index contributed by atoms with van der Waals surface area (Å²) in [7, 11) is 0. The van der Waals surface area contributed by atoms with Crippen LogP contribution in [0.2, 0.25) is 0 Å². The fourth-order valence-electron chi connectivity index (χ4n) is 2.81. The molecule has 0 unspecified atom stereocenters. The third-order valence-corrected chi connectivity index (χ3v) is 4.95. The zero-order valence-corrected chi connectivity index (χ0v) is 14.1. The fourth-order valence-corrected chi connectivity index (χ4v) is 3.52. The first-order valence-corrected chi connectivity index (χ1v) is 8.96. The molecule has 2 aromatic heterocycles. The van der Waals surface area contributed by atoms with Gasteiger partial charge >= 0.3 is 0 Å². The molecule has 1 aliphatic rings. The number of rotatable bonds is 6. The van der Waals surface area contributed by atoms with Crippen LogP contribution < -0.4 is 10.1 Å². The molecule has 124 valence electrons. The van der Waals surface area contributed by atoms with Crippen LogP contribution in [0.1, 0.15) is 22.9 Å². The Hall–Kier alpha value is -2.25. The Kier molecular flexibility index (Phi) is 4.53. The van der Waals surface area contributed by atoms with Crippen LogP contribution >= 0.6 is 11.3 Å². The third-order valence-electron chi connectivity index (χ3n) is 4.08. The molecule has 1 aliphatic heterocycles. The molecule has 7 heteroatoms. The average Bonchev–Trinajstić information content (AvgIpc) is 3.28. The quantitative estimate of drug-likeness (QED) is 0.746. The molecule has 3 aromatic rings. The second kappa shape index (κ2) is 7.11. The molecule has 0 saturated heterocycles. The molecule has 3 heterocycles. The van der Waals surface area contributed by atoms with Crippen LogP contribution in [-0.2, 0) is 26.1 Å². The van der Waals surface area contributed by atoms with Gasteiger partial charge in [-0.05, 0) is 18.6 Å². The molecular formula is C17H19N5OS. The van der Waals surface area contributed by atoms with Crippen molar-refractivity contribution in [2.24, 2.45) is 0 Å². The first kappa shape index (κ1) is 15.3. The van der Waals surface area contributed by atoms with Gasteiger partial charge in [-0.15, -0.1) is 11.3 Å². The number of fused-ring (bicyclic) bond motifs is 1. The van der Waals surface area contributed by atoms with Crippen LogP contribution in [0.15, 0.2) is 42.0 Å². The second-order valence-electron chi connectivity index (χ2n) is 5.81. The lowest BCUT2D eigenvalue weighted by Crippen LogP contribution is -2.37. The minimum atomic E-state index is 0.421. The molecule has 24 heavy (non-hydrogen) atoms. The van der Waals surface area contributed by atoms with E-state index in [0.29, 0.717) is 12.6 Å². The summed E-state index contributed by atoms with van der Waals surface area (Å²) < 4.78 is 7.73. The van der Waals surface area contributed by atoms with Gasteiger partial charge in [-0.2, -0.15) is 5.10 Å². The van der Waals surface area contributed by atoms with Gasteiger partial charge in [0.05, 0.1) is 12.2 Å². The van der Waals surface area contributed by atoms with Crippen molar-refractivity contribution in [3.8, 4) is 5.75 Å². The molecule has 0 aliphatic carbocycles. The molecule has 0 radical (unpaired) electrons. The smallest absolute Gasteiger partial charge is 0.140 e. The lowest BCUT2D eigenvalue weighted by molar-refractivity contribution is 0.305. The minimum absolute atomic E-state index is 0.421. The molecule has 1 aromatic carbocycles. The van der Waals surface area contributed by atoms with Crippen molar-refractivity contribution < 1.29 is 4.74 Å².